The molecule has 0 saturated heterocycles. The summed E-state index contributed by atoms with van der Waals surface area (Å²) in [6, 6.07) is 6.39. The van der Waals surface area contributed by atoms with Gasteiger partial charge in [0.15, 0.2) is 0 Å². The van der Waals surface area contributed by atoms with Gasteiger partial charge in [0.25, 0.3) is 0 Å². The first-order valence-electron chi connectivity index (χ1n) is 4.82. The van der Waals surface area contributed by atoms with Crippen molar-refractivity contribution in [3.63, 3.8) is 0 Å². The van der Waals surface area contributed by atoms with Gasteiger partial charge in [-0.2, -0.15) is 0 Å². The Morgan fingerprint density at radius 1 is 1.43 bits per heavy atom. The molecule has 0 spiro atoms. The molecule has 2 N–H and O–H groups in total. The summed E-state index contributed by atoms with van der Waals surface area (Å²) >= 11 is 0. The Morgan fingerprint density at radius 2 is 2.21 bits per heavy atom. The van der Waals surface area contributed by atoms with Crippen LogP contribution in [0.1, 0.15) is 17.2 Å². The van der Waals surface area contributed by atoms with E-state index in [9.17, 15) is 0 Å². The van der Waals surface area contributed by atoms with Crippen molar-refractivity contribution in [2.75, 3.05) is 25.6 Å². The van der Waals surface area contributed by atoms with Crippen LogP contribution < -0.4 is 10.6 Å². The lowest BCUT2D eigenvalue weighted by Gasteiger charge is -2.24. The summed E-state index contributed by atoms with van der Waals surface area (Å²) in [5, 5.41) is 0. The van der Waals surface area contributed by atoms with E-state index in [0.717, 1.165) is 0 Å². The maximum atomic E-state index is 5.93. The van der Waals surface area contributed by atoms with E-state index in [0.29, 0.717) is 13.2 Å². The number of ether oxygens (including phenoxy) is 1. The van der Waals surface area contributed by atoms with Gasteiger partial charge in [-0.25, -0.2) is 0 Å². The summed E-state index contributed by atoms with van der Waals surface area (Å²) in [5.41, 5.74) is 9.57. The number of nitrogens with two attached hydrogens (primary N) is 1. The third-order valence-corrected chi connectivity index (χ3v) is 2.60. The first kappa shape index (κ1) is 9.49. The summed E-state index contributed by atoms with van der Waals surface area (Å²) in [6.07, 6.45) is 0. The van der Waals surface area contributed by atoms with E-state index in [1.54, 1.807) is 0 Å². The molecule has 0 aliphatic carbocycles. The predicted octanol–water partition coefficient (Wildman–Crippen LogP) is 1.28. The second-order valence-corrected chi connectivity index (χ2v) is 3.90. The van der Waals surface area contributed by atoms with Gasteiger partial charge in [0, 0.05) is 19.8 Å². The molecule has 0 unspecified atom stereocenters. The van der Waals surface area contributed by atoms with Crippen molar-refractivity contribution in [2.45, 2.75) is 12.6 Å². The third-order valence-electron chi connectivity index (χ3n) is 2.60. The largest absolute Gasteiger partial charge is 0.378 e. The Labute approximate surface area is 84.5 Å². The van der Waals surface area contributed by atoms with Gasteiger partial charge in [-0.15, -0.1) is 0 Å². The fraction of sp³-hybridized carbons (Fsp3) is 0.455. The van der Waals surface area contributed by atoms with E-state index in [1.165, 1.54) is 16.8 Å². The second-order valence-electron chi connectivity index (χ2n) is 3.90. The molecule has 0 amide bonds. The van der Waals surface area contributed by atoms with E-state index in [2.05, 4.69) is 23.1 Å². The van der Waals surface area contributed by atoms with Crippen molar-refractivity contribution >= 4 is 5.69 Å². The van der Waals surface area contributed by atoms with E-state index >= 15 is 0 Å². The Kier molecular flexibility index (Phi) is 2.44. The van der Waals surface area contributed by atoms with Gasteiger partial charge in [0.05, 0.1) is 19.3 Å². The van der Waals surface area contributed by atoms with Crippen molar-refractivity contribution < 1.29 is 4.74 Å². The molecule has 1 atom stereocenters. The van der Waals surface area contributed by atoms with E-state index < -0.39 is 0 Å². The smallest absolute Gasteiger partial charge is 0.0721 e. The Morgan fingerprint density at radius 3 is 2.93 bits per heavy atom. The minimum atomic E-state index is 0.0370. The SMILES string of the molecule is CN(C)c1ccc2c(c1)COC[C@H]2N. The molecule has 3 heteroatoms. The molecule has 14 heavy (non-hydrogen) atoms. The predicted molar refractivity (Wildman–Crippen MR) is 57.4 cm³/mol. The van der Waals surface area contributed by atoms with Crippen molar-refractivity contribution in [2.24, 2.45) is 5.73 Å². The first-order chi connectivity index (χ1) is 6.68. The first-order valence-corrected chi connectivity index (χ1v) is 4.82. The Hall–Kier alpha value is -1.06. The van der Waals surface area contributed by atoms with Crippen LogP contribution in [0.2, 0.25) is 0 Å². The third kappa shape index (κ3) is 1.61. The van der Waals surface area contributed by atoms with Crippen LogP contribution in [0.4, 0.5) is 5.69 Å². The minimum Gasteiger partial charge on any atom is -0.378 e. The Balaban J connectivity index is 2.39. The van der Waals surface area contributed by atoms with Crippen molar-refractivity contribution in [1.82, 2.24) is 0 Å². The summed E-state index contributed by atoms with van der Waals surface area (Å²) in [6.45, 7) is 1.32. The zero-order valence-corrected chi connectivity index (χ0v) is 8.66. The fourth-order valence-electron chi connectivity index (χ4n) is 1.74. The molecule has 0 fully saturated rings. The van der Waals surface area contributed by atoms with Crippen LogP contribution in [0, 0.1) is 0 Å². The number of benzene rings is 1. The minimum absolute atomic E-state index is 0.0370. The number of hydrogen-bond donors (Lipinski definition) is 1. The number of anilines is 1. The fourth-order valence-corrected chi connectivity index (χ4v) is 1.74. The average Bonchev–Trinajstić information content (AvgIpc) is 2.17. The molecule has 1 aromatic carbocycles. The lowest BCUT2D eigenvalue weighted by atomic mass is 9.99. The van der Waals surface area contributed by atoms with E-state index in [-0.39, 0.29) is 6.04 Å². The van der Waals surface area contributed by atoms with Gasteiger partial charge in [0.1, 0.15) is 0 Å². The number of hydrogen-bond acceptors (Lipinski definition) is 3. The quantitative estimate of drug-likeness (QED) is 0.728. The summed E-state index contributed by atoms with van der Waals surface area (Å²) < 4.78 is 5.40. The molecule has 0 radical (unpaired) electrons. The highest BCUT2D eigenvalue weighted by atomic mass is 16.5. The normalized spacial score (nSPS) is 20.4. The van der Waals surface area contributed by atoms with E-state index in [4.69, 9.17) is 10.5 Å². The highest BCUT2D eigenvalue weighted by Crippen LogP contribution is 2.26. The second kappa shape index (κ2) is 3.59. The molecule has 0 aromatic heterocycles. The molecular weight excluding hydrogens is 176 g/mol. The molecule has 0 saturated carbocycles. The van der Waals surface area contributed by atoms with Crippen molar-refractivity contribution in [1.29, 1.82) is 0 Å². The highest BCUT2D eigenvalue weighted by molar-refractivity contribution is 5.50. The highest BCUT2D eigenvalue weighted by Gasteiger charge is 2.17. The van der Waals surface area contributed by atoms with Crippen LogP contribution in [0.15, 0.2) is 18.2 Å². The van der Waals surface area contributed by atoms with Gasteiger partial charge in [-0.1, -0.05) is 6.07 Å². The average molecular weight is 192 g/mol. The zero-order valence-electron chi connectivity index (χ0n) is 8.66. The standard InChI is InChI=1S/C11H16N2O/c1-13(2)9-3-4-10-8(5-9)6-14-7-11(10)12/h3-5,11H,6-7,12H2,1-2H3/t11-/m1/s1. The van der Waals surface area contributed by atoms with Gasteiger partial charge in [-0.3, -0.25) is 0 Å². The van der Waals surface area contributed by atoms with Crippen LogP contribution in [-0.4, -0.2) is 20.7 Å². The molecular formula is C11H16N2O. The van der Waals surface area contributed by atoms with E-state index in [1.807, 2.05) is 14.1 Å². The molecule has 1 aliphatic heterocycles. The van der Waals surface area contributed by atoms with Crippen molar-refractivity contribution in [3.8, 4) is 0 Å². The monoisotopic (exact) mass is 192 g/mol. The van der Waals surface area contributed by atoms with Crippen LogP contribution in [-0.2, 0) is 11.3 Å². The van der Waals surface area contributed by atoms with Crippen molar-refractivity contribution in [3.05, 3.63) is 29.3 Å². The summed E-state index contributed by atoms with van der Waals surface area (Å²) in [7, 11) is 4.07. The number of nitrogens with zero attached hydrogens (tertiary/aromatic N) is 1. The topological polar surface area (TPSA) is 38.5 Å². The van der Waals surface area contributed by atoms with Gasteiger partial charge >= 0.3 is 0 Å². The zero-order chi connectivity index (χ0) is 10.1. The lowest BCUT2D eigenvalue weighted by Crippen LogP contribution is -2.24. The maximum absolute atomic E-state index is 5.93. The van der Waals surface area contributed by atoms with Crippen LogP contribution in [0.25, 0.3) is 0 Å². The lowest BCUT2D eigenvalue weighted by molar-refractivity contribution is 0.0924. The van der Waals surface area contributed by atoms with Gasteiger partial charge in [0.2, 0.25) is 0 Å². The van der Waals surface area contributed by atoms with Crippen LogP contribution in [0.3, 0.4) is 0 Å². The molecule has 0 bridgehead atoms. The maximum Gasteiger partial charge on any atom is 0.0721 e. The van der Waals surface area contributed by atoms with Gasteiger partial charge in [-0.05, 0) is 23.3 Å². The molecule has 1 heterocycles. The molecule has 1 aromatic rings. The molecule has 3 nitrogen and oxygen atoms in total. The molecule has 1 aliphatic rings. The van der Waals surface area contributed by atoms with Crippen LogP contribution >= 0.6 is 0 Å². The summed E-state index contributed by atoms with van der Waals surface area (Å²) in [5.74, 6) is 0. The van der Waals surface area contributed by atoms with Gasteiger partial charge < -0.3 is 15.4 Å². The van der Waals surface area contributed by atoms with Crippen LogP contribution in [0.5, 0.6) is 0 Å². The summed E-state index contributed by atoms with van der Waals surface area (Å²) in [4.78, 5) is 2.08. The molecule has 2 rings (SSSR count). The number of rotatable bonds is 1. The number of fused-ring (bicyclic) bond motifs is 1. The Bertz CT molecular complexity index is 336. The molecule has 76 valence electrons.